The molecule has 0 atom stereocenters. The van der Waals surface area contributed by atoms with Crippen molar-refractivity contribution in [1.29, 1.82) is 5.26 Å². The number of H-pyrrole nitrogens is 2. The van der Waals surface area contributed by atoms with Gasteiger partial charge in [0, 0.05) is 34.5 Å². The Bertz CT molecular complexity index is 1210. The minimum atomic E-state index is -0.391. The van der Waals surface area contributed by atoms with Gasteiger partial charge in [0.2, 0.25) is 0 Å². The number of thioether (sulfide) groups is 1. The summed E-state index contributed by atoms with van der Waals surface area (Å²) in [5.74, 6) is 0.386. The van der Waals surface area contributed by atoms with E-state index in [2.05, 4.69) is 21.0 Å². The highest BCUT2D eigenvalue weighted by Gasteiger charge is 2.15. The monoisotopic (exact) mass is 352 g/mol. The fourth-order valence-corrected chi connectivity index (χ4v) is 3.83. The van der Waals surface area contributed by atoms with Crippen molar-refractivity contribution in [2.45, 2.75) is 18.0 Å². The Morgan fingerprint density at radius 3 is 2.96 bits per heavy atom. The fourth-order valence-electron chi connectivity index (χ4n) is 3.01. The van der Waals surface area contributed by atoms with Crippen LogP contribution in [0, 0.1) is 17.1 Å². The van der Waals surface area contributed by atoms with Crippen LogP contribution in [0.1, 0.15) is 12.8 Å². The van der Waals surface area contributed by atoms with E-state index in [9.17, 15) is 9.18 Å². The Morgan fingerprint density at radius 2 is 2.12 bits per heavy atom. The molecule has 0 fully saturated rings. The van der Waals surface area contributed by atoms with E-state index in [4.69, 9.17) is 5.26 Å². The Hall–Kier alpha value is -2.85. The summed E-state index contributed by atoms with van der Waals surface area (Å²) in [5.41, 5.74) is 1.23. The number of nitriles is 1. The average Bonchev–Trinajstić information content (AvgIpc) is 3.03. The molecule has 0 unspecified atom stereocenters. The first-order valence-electron chi connectivity index (χ1n) is 7.81. The molecule has 0 aliphatic rings. The lowest BCUT2D eigenvalue weighted by Gasteiger charge is -2.05. The van der Waals surface area contributed by atoms with Crippen LogP contribution in [0.15, 0.2) is 40.4 Å². The number of fused-ring (bicyclic) bond motifs is 6. The molecule has 124 valence electrons. The minimum absolute atomic E-state index is 0.257. The fraction of sp³-hybridized carbons (Fsp3) is 0.167. The van der Waals surface area contributed by atoms with Gasteiger partial charge in [-0.3, -0.25) is 4.79 Å². The van der Waals surface area contributed by atoms with Gasteiger partial charge in [-0.15, -0.1) is 0 Å². The molecule has 0 amide bonds. The third kappa shape index (κ3) is 2.65. The zero-order valence-corrected chi connectivity index (χ0v) is 13.9. The van der Waals surface area contributed by atoms with E-state index < -0.39 is 5.82 Å². The standard InChI is InChI=1S/C18H13FN4OS/c19-10-3-4-11-13(9-10)14-12(5-7-21-17(14)24)16-15(11)22-18(23-16)25-8-2-1-6-20/h3-5,7,9H,1-2,8H2,(H,21,24)(H,22,23). The van der Waals surface area contributed by atoms with Crippen LogP contribution in [0.25, 0.3) is 32.6 Å². The normalized spacial score (nSPS) is 11.4. The zero-order chi connectivity index (χ0) is 17.4. The molecule has 0 aliphatic carbocycles. The Labute approximate surface area is 145 Å². The van der Waals surface area contributed by atoms with E-state index in [1.54, 1.807) is 18.3 Å². The topological polar surface area (TPSA) is 85.3 Å². The van der Waals surface area contributed by atoms with Gasteiger partial charge in [0.05, 0.1) is 22.5 Å². The number of aromatic nitrogens is 3. The number of unbranched alkanes of at least 4 members (excludes halogenated alkanes) is 1. The first-order chi connectivity index (χ1) is 12.2. The van der Waals surface area contributed by atoms with Gasteiger partial charge in [-0.2, -0.15) is 5.26 Å². The smallest absolute Gasteiger partial charge is 0.256 e. The molecule has 2 N–H and O–H groups in total. The van der Waals surface area contributed by atoms with E-state index in [1.165, 1.54) is 23.9 Å². The molecule has 7 heteroatoms. The summed E-state index contributed by atoms with van der Waals surface area (Å²) in [7, 11) is 0. The molecule has 0 saturated carbocycles. The summed E-state index contributed by atoms with van der Waals surface area (Å²) >= 11 is 1.53. The molecule has 2 aromatic heterocycles. The minimum Gasteiger partial charge on any atom is -0.332 e. The highest BCUT2D eigenvalue weighted by atomic mass is 32.2. The third-order valence-electron chi connectivity index (χ3n) is 4.09. The maximum atomic E-state index is 13.8. The number of aromatic amines is 2. The number of halogens is 1. The number of imidazole rings is 1. The van der Waals surface area contributed by atoms with E-state index in [0.717, 1.165) is 33.7 Å². The molecule has 5 nitrogen and oxygen atoms in total. The molecule has 4 aromatic rings. The van der Waals surface area contributed by atoms with Crippen LogP contribution in [0.2, 0.25) is 0 Å². The molecule has 2 aromatic carbocycles. The van der Waals surface area contributed by atoms with Crippen LogP contribution in [-0.4, -0.2) is 20.7 Å². The average molecular weight is 352 g/mol. The van der Waals surface area contributed by atoms with E-state index >= 15 is 0 Å². The third-order valence-corrected chi connectivity index (χ3v) is 5.05. The van der Waals surface area contributed by atoms with E-state index in [-0.39, 0.29) is 5.56 Å². The van der Waals surface area contributed by atoms with Gasteiger partial charge >= 0.3 is 0 Å². The highest BCUT2D eigenvalue weighted by Crippen LogP contribution is 2.33. The zero-order valence-electron chi connectivity index (χ0n) is 13.1. The summed E-state index contributed by atoms with van der Waals surface area (Å²) in [6, 6.07) is 8.33. The molecule has 0 bridgehead atoms. The lowest BCUT2D eigenvalue weighted by molar-refractivity contribution is 0.630. The van der Waals surface area contributed by atoms with Crippen LogP contribution in [0.4, 0.5) is 4.39 Å². The molecule has 4 rings (SSSR count). The van der Waals surface area contributed by atoms with Gasteiger partial charge in [0.25, 0.3) is 5.56 Å². The first kappa shape index (κ1) is 15.7. The van der Waals surface area contributed by atoms with Crippen LogP contribution < -0.4 is 5.56 Å². The molecule has 25 heavy (non-hydrogen) atoms. The predicted octanol–water partition coefficient (Wildman–Crippen LogP) is 4.09. The first-order valence-corrected chi connectivity index (χ1v) is 8.79. The molecule has 0 aliphatic heterocycles. The van der Waals surface area contributed by atoms with Crippen LogP contribution >= 0.6 is 11.8 Å². The number of nitrogens with one attached hydrogen (secondary N) is 2. The van der Waals surface area contributed by atoms with Crippen molar-refractivity contribution in [2.24, 2.45) is 0 Å². The van der Waals surface area contributed by atoms with E-state index in [1.807, 2.05) is 0 Å². The summed E-state index contributed by atoms with van der Waals surface area (Å²) in [5, 5.41) is 11.8. The van der Waals surface area contributed by atoms with Crippen molar-refractivity contribution >= 4 is 44.3 Å². The van der Waals surface area contributed by atoms with Crippen molar-refractivity contribution < 1.29 is 4.39 Å². The molecule has 0 radical (unpaired) electrons. The Balaban J connectivity index is 1.99. The summed E-state index contributed by atoms with van der Waals surface area (Å²) in [4.78, 5) is 22.9. The second-order valence-corrected chi connectivity index (χ2v) is 6.74. The number of nitrogens with zero attached hydrogens (tertiary/aromatic N) is 2. The number of hydrogen-bond donors (Lipinski definition) is 2. The number of benzene rings is 2. The Kier molecular flexibility index (Phi) is 3.90. The summed E-state index contributed by atoms with van der Waals surface area (Å²) < 4.78 is 13.8. The van der Waals surface area contributed by atoms with Crippen molar-refractivity contribution in [3.8, 4) is 6.07 Å². The van der Waals surface area contributed by atoms with Crippen molar-refractivity contribution in [3.63, 3.8) is 0 Å². The Morgan fingerprint density at radius 1 is 1.24 bits per heavy atom. The van der Waals surface area contributed by atoms with Crippen LogP contribution in [0.3, 0.4) is 0 Å². The molecule has 2 heterocycles. The van der Waals surface area contributed by atoms with Crippen LogP contribution in [0.5, 0.6) is 0 Å². The van der Waals surface area contributed by atoms with Crippen LogP contribution in [-0.2, 0) is 0 Å². The predicted molar refractivity (Wildman–Crippen MR) is 97.3 cm³/mol. The second kappa shape index (κ2) is 6.22. The van der Waals surface area contributed by atoms with E-state index in [0.29, 0.717) is 22.6 Å². The van der Waals surface area contributed by atoms with Gasteiger partial charge in [-0.25, -0.2) is 9.37 Å². The SMILES string of the molecule is N#CCCCSc1nc2c3ccc(F)cc3c3c(=O)[nH]ccc3c2[nH]1. The highest BCUT2D eigenvalue weighted by molar-refractivity contribution is 7.99. The van der Waals surface area contributed by atoms with Gasteiger partial charge in [-0.1, -0.05) is 11.8 Å². The lowest BCUT2D eigenvalue weighted by Crippen LogP contribution is -2.05. The van der Waals surface area contributed by atoms with Crippen molar-refractivity contribution in [1.82, 2.24) is 15.0 Å². The quantitative estimate of drug-likeness (QED) is 0.329. The lowest BCUT2D eigenvalue weighted by atomic mass is 10.0. The largest absolute Gasteiger partial charge is 0.332 e. The molecular formula is C18H13FN4OS. The number of pyridine rings is 1. The number of rotatable bonds is 4. The van der Waals surface area contributed by atoms with Gasteiger partial charge in [-0.05, 0) is 30.7 Å². The molecular weight excluding hydrogens is 339 g/mol. The second-order valence-electron chi connectivity index (χ2n) is 5.66. The van der Waals surface area contributed by atoms with Crippen molar-refractivity contribution in [2.75, 3.05) is 5.75 Å². The summed E-state index contributed by atoms with van der Waals surface area (Å²) in [6.45, 7) is 0. The molecule has 0 saturated heterocycles. The molecule has 0 spiro atoms. The van der Waals surface area contributed by atoms with Gasteiger partial charge in [0.1, 0.15) is 5.82 Å². The maximum absolute atomic E-state index is 13.8. The summed E-state index contributed by atoms with van der Waals surface area (Å²) in [6.07, 6.45) is 2.87. The van der Waals surface area contributed by atoms with Gasteiger partial charge in [0.15, 0.2) is 5.16 Å². The maximum Gasteiger partial charge on any atom is 0.256 e. The number of hydrogen-bond acceptors (Lipinski definition) is 4. The van der Waals surface area contributed by atoms with Crippen molar-refractivity contribution in [3.05, 3.63) is 46.6 Å². The van der Waals surface area contributed by atoms with Gasteiger partial charge < -0.3 is 9.97 Å².